The number of aromatic nitrogens is 1. The lowest BCUT2D eigenvalue weighted by molar-refractivity contribution is -0.147. The number of carbonyl (C=O) groups excluding carboxylic acids is 2. The summed E-state index contributed by atoms with van der Waals surface area (Å²) >= 11 is 0. The highest BCUT2D eigenvalue weighted by Crippen LogP contribution is 2.20. The number of benzene rings is 3. The van der Waals surface area contributed by atoms with Crippen LogP contribution in [0, 0.1) is 13.8 Å². The Morgan fingerprint density at radius 1 is 0.938 bits per heavy atom. The molecule has 162 valence electrons. The zero-order chi connectivity index (χ0) is 22.5. The topological polar surface area (TPSA) is 71.2 Å². The van der Waals surface area contributed by atoms with E-state index < -0.39 is 12.0 Å². The van der Waals surface area contributed by atoms with E-state index in [4.69, 9.17) is 4.74 Å². The van der Waals surface area contributed by atoms with Crippen molar-refractivity contribution in [2.24, 2.45) is 0 Å². The van der Waals surface area contributed by atoms with Gasteiger partial charge in [0.05, 0.1) is 0 Å². The van der Waals surface area contributed by atoms with Crippen molar-refractivity contribution in [3.05, 3.63) is 107 Å². The summed E-state index contributed by atoms with van der Waals surface area (Å²) in [5.41, 5.74) is 5.59. The van der Waals surface area contributed by atoms with Crippen molar-refractivity contribution in [1.29, 1.82) is 0 Å². The molecule has 0 aliphatic heterocycles. The van der Waals surface area contributed by atoms with E-state index in [0.29, 0.717) is 12.0 Å². The molecule has 0 saturated carbocycles. The second-order valence-corrected chi connectivity index (χ2v) is 8.06. The maximum absolute atomic E-state index is 13.1. The second-order valence-electron chi connectivity index (χ2n) is 8.06. The van der Waals surface area contributed by atoms with Gasteiger partial charge in [-0.3, -0.25) is 4.79 Å². The number of fused-ring (bicyclic) bond motifs is 1. The standard InChI is InChI=1S/C27H26N2O3/c1-18-12-19(2)14-20(13-18)17-32-27(31)25(29-26(30)21-8-4-3-5-9-21)15-22-16-28-24-11-7-6-10-23(22)24/h3-14,16,25,28H,15,17H2,1-2H3,(H,29,30). The fourth-order valence-electron chi connectivity index (χ4n) is 3.95. The van der Waals surface area contributed by atoms with Gasteiger partial charge in [-0.05, 0) is 43.2 Å². The van der Waals surface area contributed by atoms with Crippen molar-refractivity contribution in [3.63, 3.8) is 0 Å². The summed E-state index contributed by atoms with van der Waals surface area (Å²) in [7, 11) is 0. The van der Waals surface area contributed by atoms with Crippen LogP contribution in [0.1, 0.15) is 32.6 Å². The predicted octanol–water partition coefficient (Wildman–Crippen LogP) is 4.87. The molecular weight excluding hydrogens is 400 g/mol. The van der Waals surface area contributed by atoms with Crippen molar-refractivity contribution in [3.8, 4) is 0 Å². The minimum absolute atomic E-state index is 0.160. The Morgan fingerprint density at radius 2 is 1.62 bits per heavy atom. The summed E-state index contributed by atoms with van der Waals surface area (Å²) in [5, 5.41) is 3.89. The summed E-state index contributed by atoms with van der Waals surface area (Å²) in [6.07, 6.45) is 2.21. The molecule has 1 atom stereocenters. The van der Waals surface area contributed by atoms with Gasteiger partial charge in [-0.1, -0.05) is 65.7 Å². The molecule has 2 N–H and O–H groups in total. The lowest BCUT2D eigenvalue weighted by atomic mass is 10.0. The largest absolute Gasteiger partial charge is 0.459 e. The zero-order valence-electron chi connectivity index (χ0n) is 18.2. The summed E-state index contributed by atoms with van der Waals surface area (Å²) in [4.78, 5) is 29.1. The first-order valence-corrected chi connectivity index (χ1v) is 10.6. The van der Waals surface area contributed by atoms with Gasteiger partial charge in [0.15, 0.2) is 0 Å². The van der Waals surface area contributed by atoms with Crippen LogP contribution in [0.5, 0.6) is 0 Å². The lowest BCUT2D eigenvalue weighted by Crippen LogP contribution is -2.43. The molecule has 0 bridgehead atoms. The number of hydrogen-bond donors (Lipinski definition) is 2. The first kappa shape index (κ1) is 21.4. The molecule has 0 fully saturated rings. The number of rotatable bonds is 7. The molecule has 5 heteroatoms. The van der Waals surface area contributed by atoms with E-state index >= 15 is 0 Å². The number of aromatic amines is 1. The number of hydrogen-bond acceptors (Lipinski definition) is 3. The zero-order valence-corrected chi connectivity index (χ0v) is 18.2. The smallest absolute Gasteiger partial charge is 0.329 e. The number of amides is 1. The van der Waals surface area contributed by atoms with Crippen molar-refractivity contribution in [2.45, 2.75) is 32.9 Å². The molecule has 1 aromatic heterocycles. The van der Waals surface area contributed by atoms with Crippen molar-refractivity contribution in [2.75, 3.05) is 0 Å². The summed E-state index contributed by atoms with van der Waals surface area (Å²) in [6.45, 7) is 4.18. The van der Waals surface area contributed by atoms with Crippen LogP contribution >= 0.6 is 0 Å². The van der Waals surface area contributed by atoms with Crippen LogP contribution < -0.4 is 5.32 Å². The van der Waals surface area contributed by atoms with Crippen LogP contribution in [0.3, 0.4) is 0 Å². The van der Waals surface area contributed by atoms with Crippen LogP contribution in [0.25, 0.3) is 10.9 Å². The predicted molar refractivity (Wildman–Crippen MR) is 125 cm³/mol. The quantitative estimate of drug-likeness (QED) is 0.414. The monoisotopic (exact) mass is 426 g/mol. The van der Waals surface area contributed by atoms with E-state index in [1.165, 1.54) is 0 Å². The molecule has 5 nitrogen and oxygen atoms in total. The van der Waals surface area contributed by atoms with Crippen molar-refractivity contribution < 1.29 is 14.3 Å². The minimum atomic E-state index is -0.812. The van der Waals surface area contributed by atoms with Crippen molar-refractivity contribution >= 4 is 22.8 Å². The van der Waals surface area contributed by atoms with E-state index in [1.807, 2.05) is 62.5 Å². The van der Waals surface area contributed by atoms with E-state index in [0.717, 1.165) is 33.2 Å². The van der Waals surface area contributed by atoms with Gasteiger partial charge in [-0.25, -0.2) is 4.79 Å². The molecule has 0 aliphatic rings. The molecule has 0 spiro atoms. The molecule has 4 rings (SSSR count). The first-order chi connectivity index (χ1) is 15.5. The number of ether oxygens (including phenoxy) is 1. The van der Waals surface area contributed by atoms with Gasteiger partial charge in [0.25, 0.3) is 5.91 Å². The third-order valence-corrected chi connectivity index (χ3v) is 5.39. The van der Waals surface area contributed by atoms with E-state index in [2.05, 4.69) is 16.4 Å². The highest BCUT2D eigenvalue weighted by molar-refractivity contribution is 5.97. The average Bonchev–Trinajstić information content (AvgIpc) is 3.20. The van der Waals surface area contributed by atoms with Gasteiger partial charge >= 0.3 is 5.97 Å². The second kappa shape index (κ2) is 9.52. The number of aryl methyl sites for hydroxylation is 2. The molecule has 4 aromatic rings. The molecule has 3 aromatic carbocycles. The third kappa shape index (κ3) is 5.06. The molecule has 0 radical (unpaired) electrons. The Kier molecular flexibility index (Phi) is 6.36. The Hall–Kier alpha value is -3.86. The summed E-state index contributed by atoms with van der Waals surface area (Å²) in [6, 6.07) is 22.0. The van der Waals surface area contributed by atoms with Crippen molar-refractivity contribution in [1.82, 2.24) is 10.3 Å². The Bertz CT molecular complexity index is 1220. The number of nitrogens with one attached hydrogen (secondary N) is 2. The summed E-state index contributed by atoms with van der Waals surface area (Å²) < 4.78 is 5.63. The van der Waals surface area contributed by atoms with Crippen LogP contribution in [-0.2, 0) is 22.6 Å². The number of esters is 1. The highest BCUT2D eigenvalue weighted by atomic mass is 16.5. The maximum Gasteiger partial charge on any atom is 0.329 e. The number of H-pyrrole nitrogens is 1. The minimum Gasteiger partial charge on any atom is -0.459 e. The highest BCUT2D eigenvalue weighted by Gasteiger charge is 2.24. The molecule has 32 heavy (non-hydrogen) atoms. The average molecular weight is 427 g/mol. The van der Waals surface area contributed by atoms with Gasteiger partial charge in [0.2, 0.25) is 0 Å². The lowest BCUT2D eigenvalue weighted by Gasteiger charge is -2.18. The van der Waals surface area contributed by atoms with E-state index in [9.17, 15) is 9.59 Å². The van der Waals surface area contributed by atoms with Gasteiger partial charge in [-0.15, -0.1) is 0 Å². The molecule has 1 heterocycles. The third-order valence-electron chi connectivity index (χ3n) is 5.39. The van der Waals surface area contributed by atoms with E-state index in [1.54, 1.807) is 24.3 Å². The Morgan fingerprint density at radius 3 is 2.38 bits per heavy atom. The fraction of sp³-hybridized carbons (Fsp3) is 0.185. The normalized spacial score (nSPS) is 11.8. The summed E-state index contributed by atoms with van der Waals surface area (Å²) in [5.74, 6) is -0.766. The van der Waals surface area contributed by atoms with Crippen LogP contribution in [-0.4, -0.2) is 22.9 Å². The van der Waals surface area contributed by atoms with Crippen LogP contribution in [0.4, 0.5) is 0 Å². The maximum atomic E-state index is 13.1. The van der Waals surface area contributed by atoms with Crippen LogP contribution in [0.15, 0.2) is 79.0 Å². The van der Waals surface area contributed by atoms with Crippen LogP contribution in [0.2, 0.25) is 0 Å². The molecule has 0 aliphatic carbocycles. The van der Waals surface area contributed by atoms with Gasteiger partial charge < -0.3 is 15.0 Å². The Labute approximate surface area is 187 Å². The van der Waals surface area contributed by atoms with Gasteiger partial charge in [-0.2, -0.15) is 0 Å². The Balaban J connectivity index is 1.54. The van der Waals surface area contributed by atoms with E-state index in [-0.39, 0.29) is 12.5 Å². The molecule has 1 amide bonds. The molecule has 1 unspecified atom stereocenters. The van der Waals surface area contributed by atoms with Gasteiger partial charge in [0, 0.05) is 29.1 Å². The molecular formula is C27H26N2O3. The SMILES string of the molecule is Cc1cc(C)cc(COC(=O)C(Cc2c[nH]c3ccccc23)NC(=O)c2ccccc2)c1. The first-order valence-electron chi connectivity index (χ1n) is 10.6. The fourth-order valence-corrected chi connectivity index (χ4v) is 3.95. The van der Waals surface area contributed by atoms with Gasteiger partial charge in [0.1, 0.15) is 12.6 Å². The number of carbonyl (C=O) groups is 2. The molecule has 0 saturated heterocycles. The number of para-hydroxylation sites is 1.